The van der Waals surface area contributed by atoms with E-state index in [1.54, 1.807) is 37.3 Å². The fraction of sp³-hybridized carbons (Fsp3) is 0.235. The Balaban J connectivity index is 2.12. The van der Waals surface area contributed by atoms with Gasteiger partial charge in [-0.25, -0.2) is 0 Å². The molecule has 0 saturated heterocycles. The number of rotatable bonds is 5. The number of amides is 1. The Morgan fingerprint density at radius 2 is 1.78 bits per heavy atom. The molecule has 0 aliphatic carbocycles. The zero-order valence-electron chi connectivity index (χ0n) is 12.5. The molecule has 2 aromatic rings. The van der Waals surface area contributed by atoms with Crippen LogP contribution in [0.4, 0.5) is 13.2 Å². The van der Waals surface area contributed by atoms with Crippen molar-refractivity contribution in [2.24, 2.45) is 5.73 Å². The van der Waals surface area contributed by atoms with Crippen molar-refractivity contribution in [1.29, 1.82) is 0 Å². The fourth-order valence-corrected chi connectivity index (χ4v) is 2.06. The molecule has 0 aliphatic heterocycles. The molecule has 0 heterocycles. The normalized spacial score (nSPS) is 12.9. The summed E-state index contributed by atoms with van der Waals surface area (Å²) >= 11 is 0. The molecular formula is C17H17F3N2O. The summed E-state index contributed by atoms with van der Waals surface area (Å²) in [5.41, 5.74) is 6.60. The molecule has 6 heteroatoms. The maximum absolute atomic E-state index is 12.7. The van der Waals surface area contributed by atoms with Crippen molar-refractivity contribution in [2.45, 2.75) is 25.7 Å². The highest BCUT2D eigenvalue weighted by molar-refractivity contribution is 5.79. The van der Waals surface area contributed by atoms with Crippen LogP contribution in [0.15, 0.2) is 48.5 Å². The van der Waals surface area contributed by atoms with E-state index >= 15 is 0 Å². The summed E-state index contributed by atoms with van der Waals surface area (Å²) in [7, 11) is 0. The molecule has 0 radical (unpaired) electrons. The monoisotopic (exact) mass is 322 g/mol. The lowest BCUT2D eigenvalue weighted by Crippen LogP contribution is -2.38. The van der Waals surface area contributed by atoms with Crippen molar-refractivity contribution < 1.29 is 18.0 Å². The highest BCUT2D eigenvalue weighted by atomic mass is 19.4. The topological polar surface area (TPSA) is 55.1 Å². The molecule has 1 amide bonds. The minimum Gasteiger partial charge on any atom is -0.368 e. The standard InChI is InChI=1S/C17H17F3N2O/c1-11(16(21)23)22-10-12-5-7-13(8-6-12)14-3-2-4-15(9-14)17(18,19)20/h2-9,11,22H,10H2,1H3,(H2,21,23)/t11-/m0/s1. The summed E-state index contributed by atoms with van der Waals surface area (Å²) in [5, 5.41) is 2.96. The molecular weight excluding hydrogens is 305 g/mol. The Hall–Kier alpha value is -2.34. The predicted molar refractivity (Wildman–Crippen MR) is 82.4 cm³/mol. The molecule has 2 rings (SSSR count). The highest BCUT2D eigenvalue weighted by Gasteiger charge is 2.30. The number of benzene rings is 2. The largest absolute Gasteiger partial charge is 0.416 e. The molecule has 2 aromatic carbocycles. The van der Waals surface area contributed by atoms with Gasteiger partial charge < -0.3 is 11.1 Å². The molecule has 122 valence electrons. The lowest BCUT2D eigenvalue weighted by atomic mass is 10.0. The van der Waals surface area contributed by atoms with E-state index in [-0.39, 0.29) is 0 Å². The van der Waals surface area contributed by atoms with Gasteiger partial charge in [-0.15, -0.1) is 0 Å². The van der Waals surface area contributed by atoms with Crippen LogP contribution in [0.25, 0.3) is 11.1 Å². The Labute approximate surface area is 132 Å². The SMILES string of the molecule is C[C@H](NCc1ccc(-c2cccc(C(F)(F)F)c2)cc1)C(N)=O. The van der Waals surface area contributed by atoms with Gasteiger partial charge in [-0.3, -0.25) is 4.79 Å². The predicted octanol–water partition coefficient (Wildman–Crippen LogP) is 3.34. The summed E-state index contributed by atoms with van der Waals surface area (Å²) in [5.74, 6) is -0.439. The van der Waals surface area contributed by atoms with Gasteiger partial charge in [0.15, 0.2) is 0 Å². The molecule has 3 nitrogen and oxygen atoms in total. The van der Waals surface area contributed by atoms with Crippen molar-refractivity contribution in [2.75, 3.05) is 0 Å². The van der Waals surface area contributed by atoms with Gasteiger partial charge in [0.2, 0.25) is 5.91 Å². The summed E-state index contributed by atoms with van der Waals surface area (Å²) in [4.78, 5) is 10.9. The van der Waals surface area contributed by atoms with Crippen LogP contribution >= 0.6 is 0 Å². The van der Waals surface area contributed by atoms with E-state index in [4.69, 9.17) is 5.73 Å². The Bertz CT molecular complexity index is 681. The van der Waals surface area contributed by atoms with E-state index < -0.39 is 23.7 Å². The van der Waals surface area contributed by atoms with Crippen LogP contribution in [-0.4, -0.2) is 11.9 Å². The quantitative estimate of drug-likeness (QED) is 0.887. The van der Waals surface area contributed by atoms with Crippen LogP contribution in [0.2, 0.25) is 0 Å². The third-order valence-corrected chi connectivity index (χ3v) is 3.52. The van der Waals surface area contributed by atoms with E-state index in [0.29, 0.717) is 17.7 Å². The first kappa shape index (κ1) is 17.0. The smallest absolute Gasteiger partial charge is 0.368 e. The number of nitrogens with one attached hydrogen (secondary N) is 1. The van der Waals surface area contributed by atoms with Gasteiger partial charge >= 0.3 is 6.18 Å². The van der Waals surface area contributed by atoms with Crippen LogP contribution in [0.3, 0.4) is 0 Å². The summed E-state index contributed by atoms with van der Waals surface area (Å²) in [6.45, 7) is 2.12. The highest BCUT2D eigenvalue weighted by Crippen LogP contribution is 2.32. The van der Waals surface area contributed by atoms with Crippen molar-refractivity contribution in [3.63, 3.8) is 0 Å². The van der Waals surface area contributed by atoms with Gasteiger partial charge in [0.05, 0.1) is 11.6 Å². The van der Waals surface area contributed by atoms with E-state index in [1.165, 1.54) is 6.07 Å². The molecule has 1 atom stereocenters. The van der Waals surface area contributed by atoms with Crippen LogP contribution in [0.1, 0.15) is 18.1 Å². The molecule has 0 saturated carbocycles. The van der Waals surface area contributed by atoms with Crippen molar-refractivity contribution in [3.8, 4) is 11.1 Å². The maximum atomic E-state index is 12.7. The van der Waals surface area contributed by atoms with Gasteiger partial charge in [0.1, 0.15) is 0 Å². The van der Waals surface area contributed by atoms with Crippen LogP contribution in [0.5, 0.6) is 0 Å². The Morgan fingerprint density at radius 3 is 2.35 bits per heavy atom. The summed E-state index contributed by atoms with van der Waals surface area (Å²) in [6.07, 6.45) is -4.36. The molecule has 0 bridgehead atoms. The van der Waals surface area contributed by atoms with Crippen LogP contribution < -0.4 is 11.1 Å². The number of primary amides is 1. The van der Waals surface area contributed by atoms with E-state index in [2.05, 4.69) is 5.32 Å². The molecule has 3 N–H and O–H groups in total. The molecule has 23 heavy (non-hydrogen) atoms. The number of carbonyl (C=O) groups excluding carboxylic acids is 1. The molecule has 0 aromatic heterocycles. The minimum atomic E-state index is -4.36. The van der Waals surface area contributed by atoms with Gasteiger partial charge in [-0.2, -0.15) is 13.2 Å². The second kappa shape index (κ2) is 6.83. The zero-order valence-corrected chi connectivity index (χ0v) is 12.5. The number of carbonyl (C=O) groups is 1. The van der Waals surface area contributed by atoms with E-state index in [0.717, 1.165) is 17.7 Å². The first-order valence-corrected chi connectivity index (χ1v) is 7.06. The van der Waals surface area contributed by atoms with Crippen molar-refractivity contribution >= 4 is 5.91 Å². The number of alkyl halides is 3. The summed E-state index contributed by atoms with van der Waals surface area (Å²) in [6, 6.07) is 11.9. The van der Waals surface area contributed by atoms with Gasteiger partial charge in [0, 0.05) is 6.54 Å². The Kier molecular flexibility index (Phi) is 5.05. The molecule has 0 spiro atoms. The third kappa shape index (κ3) is 4.56. The fourth-order valence-electron chi connectivity index (χ4n) is 2.06. The van der Waals surface area contributed by atoms with Crippen LogP contribution in [0, 0.1) is 0 Å². The van der Waals surface area contributed by atoms with Gasteiger partial charge in [-0.05, 0) is 35.7 Å². The summed E-state index contributed by atoms with van der Waals surface area (Å²) < 4.78 is 38.2. The van der Waals surface area contributed by atoms with E-state index in [1.807, 2.05) is 0 Å². The van der Waals surface area contributed by atoms with Crippen molar-refractivity contribution in [1.82, 2.24) is 5.32 Å². The van der Waals surface area contributed by atoms with Crippen molar-refractivity contribution in [3.05, 3.63) is 59.7 Å². The third-order valence-electron chi connectivity index (χ3n) is 3.52. The molecule has 0 fully saturated rings. The lowest BCUT2D eigenvalue weighted by Gasteiger charge is -2.11. The van der Waals surface area contributed by atoms with Gasteiger partial charge in [-0.1, -0.05) is 36.4 Å². The van der Waals surface area contributed by atoms with Gasteiger partial charge in [0.25, 0.3) is 0 Å². The minimum absolute atomic E-state index is 0.439. The number of nitrogens with two attached hydrogens (primary N) is 1. The molecule has 0 aliphatic rings. The number of hydrogen-bond donors (Lipinski definition) is 2. The van der Waals surface area contributed by atoms with Crippen LogP contribution in [-0.2, 0) is 17.5 Å². The second-order valence-corrected chi connectivity index (χ2v) is 5.28. The average molecular weight is 322 g/mol. The lowest BCUT2D eigenvalue weighted by molar-refractivity contribution is -0.137. The first-order chi connectivity index (χ1) is 10.8. The maximum Gasteiger partial charge on any atom is 0.416 e. The average Bonchev–Trinajstić information content (AvgIpc) is 2.52. The number of hydrogen-bond acceptors (Lipinski definition) is 2. The molecule has 0 unspecified atom stereocenters. The number of halogens is 3. The first-order valence-electron chi connectivity index (χ1n) is 7.06. The van der Waals surface area contributed by atoms with E-state index in [9.17, 15) is 18.0 Å². The zero-order chi connectivity index (χ0) is 17.0. The Morgan fingerprint density at radius 1 is 1.13 bits per heavy atom. The second-order valence-electron chi connectivity index (χ2n) is 5.28.